The molecule has 1 fully saturated rings. The molecule has 0 bridgehead atoms. The molecule has 0 aromatic heterocycles. The van der Waals surface area contributed by atoms with E-state index in [0.29, 0.717) is 27.0 Å². The molecule has 0 heterocycles. The number of carbonyl (C=O) groups is 2. The van der Waals surface area contributed by atoms with Gasteiger partial charge in [-0.1, -0.05) is 35.3 Å². The van der Waals surface area contributed by atoms with Gasteiger partial charge in [-0.05, 0) is 48.7 Å². The van der Waals surface area contributed by atoms with E-state index >= 15 is 0 Å². The first-order valence-corrected chi connectivity index (χ1v) is 8.42. The molecule has 4 nitrogen and oxygen atoms in total. The minimum Gasteiger partial charge on any atom is -0.326 e. The van der Waals surface area contributed by atoms with Crippen molar-refractivity contribution in [3.63, 3.8) is 0 Å². The molecule has 2 amide bonds. The maximum Gasteiger partial charge on any atom is 0.228 e. The number of amides is 2. The summed E-state index contributed by atoms with van der Waals surface area (Å²) in [6.45, 7) is 0. The smallest absolute Gasteiger partial charge is 0.228 e. The van der Waals surface area contributed by atoms with Gasteiger partial charge in [-0.25, -0.2) is 0 Å². The third-order valence-electron chi connectivity index (χ3n) is 3.76. The Morgan fingerprint density at radius 1 is 0.958 bits per heavy atom. The summed E-state index contributed by atoms with van der Waals surface area (Å²) in [5.41, 5.74) is 1.87. The Morgan fingerprint density at radius 3 is 2.17 bits per heavy atom. The summed E-state index contributed by atoms with van der Waals surface area (Å²) in [4.78, 5) is 24.0. The van der Waals surface area contributed by atoms with Crippen LogP contribution in [0.15, 0.2) is 42.5 Å². The van der Waals surface area contributed by atoms with Crippen molar-refractivity contribution < 1.29 is 9.59 Å². The molecule has 0 unspecified atom stereocenters. The summed E-state index contributed by atoms with van der Waals surface area (Å²) < 4.78 is 0. The topological polar surface area (TPSA) is 58.2 Å². The van der Waals surface area contributed by atoms with Crippen molar-refractivity contribution in [2.24, 2.45) is 5.92 Å². The molecular weight excluding hydrogens is 347 g/mol. The average molecular weight is 363 g/mol. The molecule has 1 aliphatic carbocycles. The molecule has 0 aliphatic heterocycles. The lowest BCUT2D eigenvalue weighted by Gasteiger charge is -2.10. The van der Waals surface area contributed by atoms with Crippen LogP contribution in [0.5, 0.6) is 0 Å². The number of hydrogen-bond acceptors (Lipinski definition) is 2. The van der Waals surface area contributed by atoms with Crippen molar-refractivity contribution >= 4 is 46.4 Å². The normalized spacial score (nSPS) is 13.4. The Hall–Kier alpha value is -2.04. The van der Waals surface area contributed by atoms with Crippen LogP contribution < -0.4 is 10.6 Å². The largest absolute Gasteiger partial charge is 0.326 e. The van der Waals surface area contributed by atoms with Crippen LogP contribution in [-0.4, -0.2) is 11.8 Å². The van der Waals surface area contributed by atoms with E-state index in [2.05, 4.69) is 10.6 Å². The number of benzene rings is 2. The third kappa shape index (κ3) is 4.28. The van der Waals surface area contributed by atoms with Crippen LogP contribution in [0.25, 0.3) is 0 Å². The van der Waals surface area contributed by atoms with Gasteiger partial charge in [0.1, 0.15) is 0 Å². The van der Waals surface area contributed by atoms with Crippen LogP contribution >= 0.6 is 23.2 Å². The van der Waals surface area contributed by atoms with E-state index < -0.39 is 0 Å². The SMILES string of the molecule is O=C(Cc1c(Cl)cccc1Cl)Nc1cccc(NC(=O)C2CC2)c1. The summed E-state index contributed by atoms with van der Waals surface area (Å²) >= 11 is 12.2. The highest BCUT2D eigenvalue weighted by Crippen LogP contribution is 2.30. The van der Waals surface area contributed by atoms with Gasteiger partial charge in [0.25, 0.3) is 0 Å². The molecule has 2 aromatic rings. The Balaban J connectivity index is 1.64. The zero-order valence-corrected chi connectivity index (χ0v) is 14.3. The number of nitrogens with one attached hydrogen (secondary N) is 2. The Morgan fingerprint density at radius 2 is 1.54 bits per heavy atom. The Labute approximate surface area is 150 Å². The van der Waals surface area contributed by atoms with Gasteiger partial charge in [0.2, 0.25) is 11.8 Å². The number of carbonyl (C=O) groups excluding carboxylic acids is 2. The number of anilines is 2. The lowest BCUT2D eigenvalue weighted by molar-refractivity contribution is -0.117. The van der Waals surface area contributed by atoms with Gasteiger partial charge in [-0.3, -0.25) is 9.59 Å². The van der Waals surface area contributed by atoms with Crippen molar-refractivity contribution in [1.82, 2.24) is 0 Å². The lowest BCUT2D eigenvalue weighted by Crippen LogP contribution is -2.16. The predicted octanol–water partition coefficient (Wildman–Crippen LogP) is 4.52. The molecule has 2 N–H and O–H groups in total. The average Bonchev–Trinajstić information content (AvgIpc) is 3.36. The van der Waals surface area contributed by atoms with Crippen LogP contribution in [0.3, 0.4) is 0 Å². The molecule has 1 saturated carbocycles. The van der Waals surface area contributed by atoms with Gasteiger partial charge in [0.05, 0.1) is 6.42 Å². The first kappa shape index (κ1) is 16.8. The van der Waals surface area contributed by atoms with E-state index in [1.165, 1.54) is 0 Å². The summed E-state index contributed by atoms with van der Waals surface area (Å²) in [7, 11) is 0. The van der Waals surface area contributed by atoms with Crippen molar-refractivity contribution in [3.8, 4) is 0 Å². The summed E-state index contributed by atoms with van der Waals surface area (Å²) in [5, 5.41) is 6.57. The Kier molecular flexibility index (Phi) is 5.07. The highest BCUT2D eigenvalue weighted by Gasteiger charge is 2.29. The molecule has 3 rings (SSSR count). The highest BCUT2D eigenvalue weighted by molar-refractivity contribution is 6.36. The van der Waals surface area contributed by atoms with Crippen molar-refractivity contribution in [3.05, 3.63) is 58.1 Å². The zero-order chi connectivity index (χ0) is 17.1. The molecule has 0 atom stereocenters. The van der Waals surface area contributed by atoms with E-state index in [1.807, 2.05) is 0 Å². The first-order chi connectivity index (χ1) is 11.5. The fourth-order valence-corrected chi connectivity index (χ4v) is 2.86. The number of rotatable bonds is 5. The van der Waals surface area contributed by atoms with E-state index in [9.17, 15) is 9.59 Å². The van der Waals surface area contributed by atoms with Crippen LogP contribution in [0.2, 0.25) is 10.0 Å². The minimum absolute atomic E-state index is 0.0290. The van der Waals surface area contributed by atoms with E-state index in [0.717, 1.165) is 12.8 Å². The molecule has 124 valence electrons. The molecule has 24 heavy (non-hydrogen) atoms. The fourth-order valence-electron chi connectivity index (χ4n) is 2.33. The van der Waals surface area contributed by atoms with E-state index in [4.69, 9.17) is 23.2 Å². The summed E-state index contributed by atoms with van der Waals surface area (Å²) in [6, 6.07) is 12.2. The maximum absolute atomic E-state index is 12.2. The van der Waals surface area contributed by atoms with E-state index in [1.54, 1.807) is 42.5 Å². The number of halogens is 2. The summed E-state index contributed by atoms with van der Waals surface area (Å²) in [5.74, 6) is -0.0670. The molecular formula is C18H16Cl2N2O2. The maximum atomic E-state index is 12.2. The molecule has 1 aliphatic rings. The second-order valence-corrected chi connectivity index (χ2v) is 6.58. The third-order valence-corrected chi connectivity index (χ3v) is 4.47. The quantitative estimate of drug-likeness (QED) is 0.820. The lowest BCUT2D eigenvalue weighted by atomic mass is 10.1. The van der Waals surface area contributed by atoms with Gasteiger partial charge in [-0.2, -0.15) is 0 Å². The summed E-state index contributed by atoms with van der Waals surface area (Å²) in [6.07, 6.45) is 1.97. The van der Waals surface area contributed by atoms with E-state index in [-0.39, 0.29) is 24.2 Å². The first-order valence-electron chi connectivity index (χ1n) is 7.66. The molecule has 2 aromatic carbocycles. The second kappa shape index (κ2) is 7.24. The monoisotopic (exact) mass is 362 g/mol. The van der Waals surface area contributed by atoms with Crippen molar-refractivity contribution in [1.29, 1.82) is 0 Å². The minimum atomic E-state index is -0.226. The van der Waals surface area contributed by atoms with Crippen molar-refractivity contribution in [2.75, 3.05) is 10.6 Å². The predicted molar refractivity (Wildman–Crippen MR) is 96.6 cm³/mol. The molecule has 6 heteroatoms. The van der Waals surface area contributed by atoms with Crippen LogP contribution in [-0.2, 0) is 16.0 Å². The van der Waals surface area contributed by atoms with Gasteiger partial charge < -0.3 is 10.6 Å². The van der Waals surface area contributed by atoms with Gasteiger partial charge in [0.15, 0.2) is 0 Å². The van der Waals surface area contributed by atoms with Gasteiger partial charge >= 0.3 is 0 Å². The van der Waals surface area contributed by atoms with Crippen LogP contribution in [0, 0.1) is 5.92 Å². The molecule has 0 radical (unpaired) electrons. The Bertz CT molecular complexity index is 768. The van der Waals surface area contributed by atoms with Crippen LogP contribution in [0.1, 0.15) is 18.4 Å². The van der Waals surface area contributed by atoms with Gasteiger partial charge in [0, 0.05) is 27.3 Å². The number of hydrogen-bond donors (Lipinski definition) is 2. The second-order valence-electron chi connectivity index (χ2n) is 5.77. The van der Waals surface area contributed by atoms with Gasteiger partial charge in [-0.15, -0.1) is 0 Å². The van der Waals surface area contributed by atoms with Crippen molar-refractivity contribution in [2.45, 2.75) is 19.3 Å². The standard InChI is InChI=1S/C18H16Cl2N2O2/c19-15-5-2-6-16(20)14(15)10-17(23)21-12-3-1-4-13(9-12)22-18(24)11-7-8-11/h1-6,9,11H,7-8,10H2,(H,21,23)(H,22,24). The van der Waals surface area contributed by atoms with Crippen LogP contribution in [0.4, 0.5) is 11.4 Å². The molecule has 0 saturated heterocycles. The molecule has 0 spiro atoms. The fraction of sp³-hybridized carbons (Fsp3) is 0.222. The zero-order valence-electron chi connectivity index (χ0n) is 12.8. The highest BCUT2D eigenvalue weighted by atomic mass is 35.5.